The van der Waals surface area contributed by atoms with Crippen molar-refractivity contribution in [1.29, 1.82) is 0 Å². The maximum atomic E-state index is 13.6. The van der Waals surface area contributed by atoms with Gasteiger partial charge in [-0.2, -0.15) is 0 Å². The summed E-state index contributed by atoms with van der Waals surface area (Å²) in [5.74, 6) is -0.493. The van der Waals surface area contributed by atoms with Crippen LogP contribution in [0.2, 0.25) is 0 Å². The molecule has 1 aromatic carbocycles. The average Bonchev–Trinajstić information content (AvgIpc) is 3.22. The molecule has 3 aliphatic heterocycles. The van der Waals surface area contributed by atoms with E-state index >= 15 is 0 Å². The van der Waals surface area contributed by atoms with Crippen LogP contribution in [0, 0.1) is 5.92 Å². The van der Waals surface area contributed by atoms with Crippen molar-refractivity contribution in [3.05, 3.63) is 29.3 Å². The highest BCUT2D eigenvalue weighted by Crippen LogP contribution is 2.47. The van der Waals surface area contributed by atoms with Gasteiger partial charge in [0.05, 0.1) is 11.5 Å². The van der Waals surface area contributed by atoms with E-state index in [4.69, 9.17) is 5.73 Å². The molecular formula is C23H32N4O3. The summed E-state index contributed by atoms with van der Waals surface area (Å²) in [7, 11) is 0. The van der Waals surface area contributed by atoms with Gasteiger partial charge in [0.1, 0.15) is 6.04 Å². The van der Waals surface area contributed by atoms with Gasteiger partial charge in [-0.3, -0.25) is 14.4 Å². The van der Waals surface area contributed by atoms with Crippen molar-refractivity contribution in [2.24, 2.45) is 11.7 Å². The van der Waals surface area contributed by atoms with Gasteiger partial charge in [0.15, 0.2) is 0 Å². The highest BCUT2D eigenvalue weighted by atomic mass is 16.2. The number of carbonyl (C=O) groups is 3. The smallest absolute Gasteiger partial charge is 0.240 e. The van der Waals surface area contributed by atoms with Crippen LogP contribution in [0.3, 0.4) is 0 Å². The second kappa shape index (κ2) is 8.02. The molecule has 1 spiro atoms. The molecule has 3 aliphatic rings. The maximum Gasteiger partial charge on any atom is 0.240 e. The van der Waals surface area contributed by atoms with Crippen LogP contribution < -0.4 is 16.4 Å². The van der Waals surface area contributed by atoms with Gasteiger partial charge in [0.25, 0.3) is 0 Å². The van der Waals surface area contributed by atoms with E-state index in [0.29, 0.717) is 12.3 Å². The Bertz CT molecular complexity index is 868. The molecule has 3 atom stereocenters. The van der Waals surface area contributed by atoms with Crippen molar-refractivity contribution in [3.63, 3.8) is 0 Å². The van der Waals surface area contributed by atoms with Crippen LogP contribution >= 0.6 is 0 Å². The summed E-state index contributed by atoms with van der Waals surface area (Å²) in [6.07, 6.45) is 5.01. The van der Waals surface area contributed by atoms with Crippen LogP contribution in [-0.4, -0.2) is 47.8 Å². The summed E-state index contributed by atoms with van der Waals surface area (Å²) in [4.78, 5) is 40.6. The van der Waals surface area contributed by atoms with Crippen molar-refractivity contribution in [1.82, 2.24) is 10.2 Å². The first kappa shape index (κ1) is 20.8. The summed E-state index contributed by atoms with van der Waals surface area (Å²) in [6, 6.07) is 4.95. The van der Waals surface area contributed by atoms with Gasteiger partial charge < -0.3 is 21.3 Å². The second-order valence-corrected chi connectivity index (χ2v) is 9.45. The number of hydrogen-bond donors (Lipinski definition) is 3. The standard InChI is InChI=1S/C23H32N4O3/c1-14(2)10-18-21(29)27-13-23(12-19(27)20(24)28)16-11-15(6-4-3-5-9-25-18)7-8-17(16)26-22(23)30/h7-8,11,14,18-19,25H,3-6,9-10,12-13H2,1-2H3,(H2,24,28)(H,26,30)/t18?,19-,23-/m0/s1. The number of benzene rings is 1. The van der Waals surface area contributed by atoms with Gasteiger partial charge in [0, 0.05) is 12.2 Å². The first-order valence-corrected chi connectivity index (χ1v) is 11.1. The van der Waals surface area contributed by atoms with E-state index in [1.165, 1.54) is 5.56 Å². The predicted octanol–water partition coefficient (Wildman–Crippen LogP) is 1.69. The van der Waals surface area contributed by atoms with Crippen molar-refractivity contribution in [2.75, 3.05) is 18.4 Å². The SMILES string of the molecule is CC(C)CC1NCCCCCc2ccc3c(c2)[C@@]2(C[C@@H](C(N)=O)N(C2)C1=O)C(=O)N3. The zero-order valence-corrected chi connectivity index (χ0v) is 17.9. The van der Waals surface area contributed by atoms with Crippen LogP contribution in [-0.2, 0) is 26.2 Å². The molecule has 0 aromatic heterocycles. The molecule has 4 bridgehead atoms. The molecular weight excluding hydrogens is 380 g/mol. The van der Waals surface area contributed by atoms with Gasteiger partial charge in [-0.05, 0) is 61.8 Å². The third-order valence-electron chi connectivity index (χ3n) is 6.79. The number of nitrogens with one attached hydrogen (secondary N) is 2. The molecule has 3 heterocycles. The van der Waals surface area contributed by atoms with Crippen LogP contribution in [0.15, 0.2) is 18.2 Å². The number of nitrogens with zero attached hydrogens (tertiary/aromatic N) is 1. The summed E-state index contributed by atoms with van der Waals surface area (Å²) in [5, 5.41) is 6.39. The number of rotatable bonds is 3. The molecule has 0 radical (unpaired) electrons. The lowest BCUT2D eigenvalue weighted by Gasteiger charge is -2.29. The minimum Gasteiger partial charge on any atom is -0.368 e. The van der Waals surface area contributed by atoms with Crippen molar-refractivity contribution in [2.45, 2.75) is 69.9 Å². The molecule has 0 aliphatic carbocycles. The molecule has 1 aromatic rings. The van der Waals surface area contributed by atoms with E-state index in [-0.39, 0.29) is 30.8 Å². The molecule has 7 heteroatoms. The molecule has 1 unspecified atom stereocenters. The van der Waals surface area contributed by atoms with E-state index in [2.05, 4.69) is 36.6 Å². The maximum absolute atomic E-state index is 13.6. The summed E-state index contributed by atoms with van der Waals surface area (Å²) >= 11 is 0. The van der Waals surface area contributed by atoms with Crippen LogP contribution in [0.5, 0.6) is 0 Å². The minimum atomic E-state index is -0.910. The Hall–Kier alpha value is -2.41. The highest BCUT2D eigenvalue weighted by Gasteiger charge is 2.57. The Labute approximate surface area is 177 Å². The fourth-order valence-electron chi connectivity index (χ4n) is 5.22. The number of carbonyl (C=O) groups excluding carboxylic acids is 3. The van der Waals surface area contributed by atoms with Gasteiger partial charge in [0.2, 0.25) is 17.7 Å². The number of anilines is 1. The van der Waals surface area contributed by atoms with Gasteiger partial charge in [-0.15, -0.1) is 0 Å². The molecule has 0 saturated carbocycles. The highest BCUT2D eigenvalue weighted by molar-refractivity contribution is 6.08. The van der Waals surface area contributed by atoms with Crippen molar-refractivity contribution < 1.29 is 14.4 Å². The zero-order valence-electron chi connectivity index (χ0n) is 17.9. The fourth-order valence-corrected chi connectivity index (χ4v) is 5.22. The first-order chi connectivity index (χ1) is 14.3. The fraction of sp³-hybridized carbons (Fsp3) is 0.609. The summed E-state index contributed by atoms with van der Waals surface area (Å²) < 4.78 is 0. The van der Waals surface area contributed by atoms with Crippen molar-refractivity contribution in [3.8, 4) is 0 Å². The third-order valence-corrected chi connectivity index (χ3v) is 6.79. The van der Waals surface area contributed by atoms with E-state index in [0.717, 1.165) is 43.5 Å². The molecule has 1 saturated heterocycles. The van der Waals surface area contributed by atoms with E-state index in [1.54, 1.807) is 4.90 Å². The third kappa shape index (κ3) is 3.60. The molecule has 30 heavy (non-hydrogen) atoms. The normalized spacial score (nSPS) is 29.1. The molecule has 7 nitrogen and oxygen atoms in total. The van der Waals surface area contributed by atoms with Crippen LogP contribution in [0.25, 0.3) is 0 Å². The van der Waals surface area contributed by atoms with Crippen LogP contribution in [0.1, 0.15) is 57.1 Å². The molecule has 4 rings (SSSR count). The predicted molar refractivity (Wildman–Crippen MR) is 115 cm³/mol. The quantitative estimate of drug-likeness (QED) is 0.703. The van der Waals surface area contributed by atoms with Gasteiger partial charge >= 0.3 is 0 Å². The van der Waals surface area contributed by atoms with Gasteiger partial charge in [-0.1, -0.05) is 32.4 Å². The Morgan fingerprint density at radius 1 is 1.27 bits per heavy atom. The zero-order chi connectivity index (χ0) is 21.5. The summed E-state index contributed by atoms with van der Waals surface area (Å²) in [5.41, 5.74) is 7.69. The molecule has 1 fully saturated rings. The Morgan fingerprint density at radius 2 is 2.07 bits per heavy atom. The second-order valence-electron chi connectivity index (χ2n) is 9.45. The topological polar surface area (TPSA) is 105 Å². The number of hydrogen-bond acceptors (Lipinski definition) is 4. The van der Waals surface area contributed by atoms with E-state index < -0.39 is 17.4 Å². The molecule has 162 valence electrons. The average molecular weight is 413 g/mol. The lowest BCUT2D eigenvalue weighted by Crippen LogP contribution is -2.52. The monoisotopic (exact) mass is 412 g/mol. The Kier molecular flexibility index (Phi) is 5.57. The van der Waals surface area contributed by atoms with Gasteiger partial charge in [-0.25, -0.2) is 0 Å². The lowest BCUT2D eigenvalue weighted by molar-refractivity contribution is -0.139. The number of fused-ring (bicyclic) bond motifs is 2. The Morgan fingerprint density at radius 3 is 2.80 bits per heavy atom. The molecule has 3 amide bonds. The van der Waals surface area contributed by atoms with Crippen LogP contribution in [0.4, 0.5) is 5.69 Å². The summed E-state index contributed by atoms with van der Waals surface area (Å²) in [6.45, 7) is 5.12. The first-order valence-electron chi connectivity index (χ1n) is 11.1. The number of amides is 3. The Balaban J connectivity index is 1.77. The largest absolute Gasteiger partial charge is 0.368 e. The van der Waals surface area contributed by atoms with E-state index in [1.807, 2.05) is 6.07 Å². The number of aryl methyl sites for hydroxylation is 1. The molecule has 4 N–H and O–H groups in total. The van der Waals surface area contributed by atoms with E-state index in [9.17, 15) is 14.4 Å². The van der Waals surface area contributed by atoms with Crippen molar-refractivity contribution >= 4 is 23.4 Å². The number of primary amides is 1. The minimum absolute atomic E-state index is 0.126. The lowest BCUT2D eigenvalue weighted by atomic mass is 9.78. The number of nitrogens with two attached hydrogens (primary N) is 1.